The third kappa shape index (κ3) is 3.58. The number of nitrogens with one attached hydrogen (secondary N) is 2. The van der Waals surface area contributed by atoms with Crippen LogP contribution in [-0.2, 0) is 9.59 Å². The second kappa shape index (κ2) is 7.03. The zero-order chi connectivity index (χ0) is 17.1. The summed E-state index contributed by atoms with van der Waals surface area (Å²) in [7, 11) is 1.70. The van der Waals surface area contributed by atoms with Crippen LogP contribution in [0.3, 0.4) is 0 Å². The number of hydrogen-bond donors (Lipinski definition) is 2. The fourth-order valence-corrected chi connectivity index (χ4v) is 2.99. The lowest BCUT2D eigenvalue weighted by Gasteiger charge is -2.22. The van der Waals surface area contributed by atoms with Gasteiger partial charge in [-0.15, -0.1) is 0 Å². The van der Waals surface area contributed by atoms with Crippen LogP contribution in [0, 0.1) is 5.92 Å². The van der Waals surface area contributed by atoms with Gasteiger partial charge in [-0.05, 0) is 44.2 Å². The first-order chi connectivity index (χ1) is 11.6. The van der Waals surface area contributed by atoms with Gasteiger partial charge in [0, 0.05) is 19.5 Å². The monoisotopic (exact) mass is 329 g/mol. The van der Waals surface area contributed by atoms with E-state index in [9.17, 15) is 14.4 Å². The number of nitrogens with zero attached hydrogens (tertiary/aromatic N) is 1. The maximum atomic E-state index is 12.7. The molecule has 0 bridgehead atoms. The van der Waals surface area contributed by atoms with Crippen molar-refractivity contribution in [1.82, 2.24) is 10.6 Å². The second-order valence-electron chi connectivity index (χ2n) is 6.50. The van der Waals surface area contributed by atoms with E-state index in [0.717, 1.165) is 25.7 Å². The Labute approximate surface area is 141 Å². The molecule has 1 aliphatic heterocycles. The quantitative estimate of drug-likeness (QED) is 0.878. The number of anilines is 1. The largest absolute Gasteiger partial charge is 0.354 e. The van der Waals surface area contributed by atoms with Crippen LogP contribution in [0.4, 0.5) is 5.69 Å². The molecule has 6 heteroatoms. The molecule has 128 valence electrons. The summed E-state index contributed by atoms with van der Waals surface area (Å²) < 4.78 is 0. The average molecular weight is 329 g/mol. The van der Waals surface area contributed by atoms with Crippen LogP contribution in [0.1, 0.15) is 42.5 Å². The van der Waals surface area contributed by atoms with Crippen LogP contribution in [0.25, 0.3) is 0 Å². The van der Waals surface area contributed by atoms with Gasteiger partial charge < -0.3 is 15.5 Å². The van der Waals surface area contributed by atoms with Crippen molar-refractivity contribution in [3.05, 3.63) is 29.8 Å². The first-order valence-electron chi connectivity index (χ1n) is 8.53. The summed E-state index contributed by atoms with van der Waals surface area (Å²) in [5.74, 6) is -0.329. The maximum absolute atomic E-state index is 12.7. The Morgan fingerprint density at radius 3 is 2.67 bits per heavy atom. The molecule has 0 spiro atoms. The molecule has 2 fully saturated rings. The Balaban J connectivity index is 1.77. The van der Waals surface area contributed by atoms with Gasteiger partial charge >= 0.3 is 0 Å². The fourth-order valence-electron chi connectivity index (χ4n) is 2.99. The van der Waals surface area contributed by atoms with Gasteiger partial charge in [-0.1, -0.05) is 12.1 Å². The normalized spacial score (nSPS) is 20.7. The van der Waals surface area contributed by atoms with Crippen molar-refractivity contribution in [2.45, 2.75) is 38.1 Å². The third-order valence-corrected chi connectivity index (χ3v) is 4.61. The highest BCUT2D eigenvalue weighted by atomic mass is 16.2. The summed E-state index contributed by atoms with van der Waals surface area (Å²) in [5.41, 5.74) is 1.01. The van der Waals surface area contributed by atoms with Crippen LogP contribution >= 0.6 is 0 Å². The molecule has 1 aliphatic carbocycles. The van der Waals surface area contributed by atoms with Gasteiger partial charge in [0.2, 0.25) is 11.8 Å². The van der Waals surface area contributed by atoms with Gasteiger partial charge in [0.1, 0.15) is 6.04 Å². The standard InChI is InChI=1S/C18H23N3O3/c1-21(18(24)12-9-10-12)15-8-3-2-6-13(15)16(22)20-14-7-4-5-11-19-17(14)23/h2-3,6,8,12,14H,4-5,7,9-11H2,1H3,(H,19,23)(H,20,22)/t14-/m0/s1. The number of benzene rings is 1. The number of carbonyl (C=O) groups excluding carboxylic acids is 3. The minimum absolute atomic E-state index is 0.0439. The average Bonchev–Trinajstić information content (AvgIpc) is 3.44. The smallest absolute Gasteiger partial charge is 0.254 e. The molecule has 6 nitrogen and oxygen atoms in total. The van der Waals surface area contributed by atoms with E-state index in [1.807, 2.05) is 0 Å². The lowest BCUT2D eigenvalue weighted by Crippen LogP contribution is -2.45. The minimum atomic E-state index is -0.516. The van der Waals surface area contributed by atoms with Crippen LogP contribution in [0.5, 0.6) is 0 Å². The lowest BCUT2D eigenvalue weighted by atomic mass is 10.1. The molecule has 0 unspecified atom stereocenters. The highest BCUT2D eigenvalue weighted by Crippen LogP contribution is 2.33. The van der Waals surface area contributed by atoms with E-state index in [2.05, 4.69) is 10.6 Å². The van der Waals surface area contributed by atoms with E-state index < -0.39 is 6.04 Å². The van der Waals surface area contributed by atoms with Crippen molar-refractivity contribution in [2.24, 2.45) is 5.92 Å². The minimum Gasteiger partial charge on any atom is -0.354 e. The molecule has 1 atom stereocenters. The molecular weight excluding hydrogens is 306 g/mol. The molecule has 0 radical (unpaired) electrons. The topological polar surface area (TPSA) is 78.5 Å². The lowest BCUT2D eigenvalue weighted by molar-refractivity contribution is -0.122. The maximum Gasteiger partial charge on any atom is 0.254 e. The van der Waals surface area contributed by atoms with Gasteiger partial charge in [0.15, 0.2) is 0 Å². The predicted molar refractivity (Wildman–Crippen MR) is 90.7 cm³/mol. The Kier molecular flexibility index (Phi) is 4.83. The first kappa shape index (κ1) is 16.5. The highest BCUT2D eigenvalue weighted by Gasteiger charge is 2.33. The van der Waals surface area contributed by atoms with Crippen molar-refractivity contribution >= 4 is 23.4 Å². The summed E-state index contributed by atoms with van der Waals surface area (Å²) in [6.07, 6.45) is 4.29. The Morgan fingerprint density at radius 2 is 1.92 bits per heavy atom. The molecule has 2 aliphatic rings. The Hall–Kier alpha value is -2.37. The molecule has 1 aromatic rings. The number of carbonyl (C=O) groups is 3. The van der Waals surface area contributed by atoms with Crippen molar-refractivity contribution in [3.63, 3.8) is 0 Å². The third-order valence-electron chi connectivity index (χ3n) is 4.61. The van der Waals surface area contributed by atoms with E-state index >= 15 is 0 Å². The second-order valence-corrected chi connectivity index (χ2v) is 6.50. The molecule has 1 saturated carbocycles. The van der Waals surface area contributed by atoms with Crippen molar-refractivity contribution < 1.29 is 14.4 Å². The van der Waals surface area contributed by atoms with E-state index in [4.69, 9.17) is 0 Å². The Bertz CT molecular complexity index is 655. The predicted octanol–water partition coefficient (Wildman–Crippen LogP) is 1.46. The Morgan fingerprint density at radius 1 is 1.17 bits per heavy atom. The van der Waals surface area contributed by atoms with Gasteiger partial charge in [0.05, 0.1) is 11.3 Å². The summed E-state index contributed by atoms with van der Waals surface area (Å²) >= 11 is 0. The highest BCUT2D eigenvalue weighted by molar-refractivity contribution is 6.06. The zero-order valence-corrected chi connectivity index (χ0v) is 13.9. The van der Waals surface area contributed by atoms with Crippen LogP contribution in [-0.4, -0.2) is 37.4 Å². The van der Waals surface area contributed by atoms with Crippen LogP contribution in [0.15, 0.2) is 24.3 Å². The fraction of sp³-hybridized carbons (Fsp3) is 0.500. The summed E-state index contributed by atoms with van der Waals surface area (Å²) in [4.78, 5) is 38.5. The summed E-state index contributed by atoms with van der Waals surface area (Å²) in [5, 5.41) is 5.63. The molecule has 1 aromatic carbocycles. The van der Waals surface area contributed by atoms with E-state index in [0.29, 0.717) is 24.2 Å². The van der Waals surface area contributed by atoms with Crippen molar-refractivity contribution in [3.8, 4) is 0 Å². The van der Waals surface area contributed by atoms with Gasteiger partial charge in [-0.25, -0.2) is 0 Å². The van der Waals surface area contributed by atoms with Crippen LogP contribution < -0.4 is 15.5 Å². The van der Waals surface area contributed by atoms with Crippen molar-refractivity contribution in [2.75, 3.05) is 18.5 Å². The zero-order valence-electron chi connectivity index (χ0n) is 13.9. The molecule has 1 saturated heterocycles. The molecule has 0 aromatic heterocycles. The SMILES string of the molecule is CN(C(=O)C1CC1)c1ccccc1C(=O)N[C@H]1CCCCNC1=O. The number of amides is 3. The van der Waals surface area contributed by atoms with Crippen molar-refractivity contribution in [1.29, 1.82) is 0 Å². The van der Waals surface area contributed by atoms with Gasteiger partial charge in [-0.2, -0.15) is 0 Å². The molecule has 3 amide bonds. The number of para-hydroxylation sites is 1. The molecule has 24 heavy (non-hydrogen) atoms. The molecule has 2 N–H and O–H groups in total. The summed E-state index contributed by atoms with van der Waals surface area (Å²) in [6.45, 7) is 0.653. The van der Waals surface area contributed by atoms with Gasteiger partial charge in [-0.3, -0.25) is 14.4 Å². The molecule has 3 rings (SSSR count). The van der Waals surface area contributed by atoms with E-state index in [-0.39, 0.29) is 23.6 Å². The van der Waals surface area contributed by atoms with Crippen LogP contribution in [0.2, 0.25) is 0 Å². The van der Waals surface area contributed by atoms with E-state index in [1.54, 1.807) is 36.2 Å². The van der Waals surface area contributed by atoms with E-state index in [1.165, 1.54) is 0 Å². The summed E-state index contributed by atoms with van der Waals surface area (Å²) in [6, 6.07) is 6.51. The number of rotatable bonds is 4. The number of hydrogen-bond acceptors (Lipinski definition) is 3. The molecule has 1 heterocycles. The van der Waals surface area contributed by atoms with Gasteiger partial charge in [0.25, 0.3) is 5.91 Å². The molecular formula is C18H23N3O3. The first-order valence-corrected chi connectivity index (χ1v) is 8.53.